The fourth-order valence-electron chi connectivity index (χ4n) is 1.72. The molecule has 0 aliphatic carbocycles. The maximum Gasteiger partial charge on any atom is 0.135 e. The second-order valence-corrected chi connectivity index (χ2v) is 3.19. The zero-order valence-corrected chi connectivity index (χ0v) is 9.66. The molecule has 0 radical (unpaired) electrons. The second kappa shape index (κ2) is 5.14. The van der Waals surface area contributed by atoms with E-state index in [-0.39, 0.29) is 12.4 Å². The molecule has 0 saturated heterocycles. The first-order valence-corrected chi connectivity index (χ1v) is 4.80. The molecule has 0 bridgehead atoms. The van der Waals surface area contributed by atoms with Gasteiger partial charge in [-0.05, 0) is 19.1 Å². The van der Waals surface area contributed by atoms with Crippen LogP contribution in [0.4, 0.5) is 0 Å². The Hall–Kier alpha value is -1.06. The Morgan fingerprint density at radius 3 is 2.73 bits per heavy atom. The van der Waals surface area contributed by atoms with Crippen molar-refractivity contribution in [2.75, 3.05) is 7.11 Å². The van der Waals surface area contributed by atoms with E-state index >= 15 is 0 Å². The highest BCUT2D eigenvalue weighted by molar-refractivity contribution is 5.75. The summed E-state index contributed by atoms with van der Waals surface area (Å²) in [6.07, 6.45) is 0. The summed E-state index contributed by atoms with van der Waals surface area (Å²) in [4.78, 5) is 4.51. The average molecular weight is 226 g/mol. The van der Waals surface area contributed by atoms with Crippen LogP contribution in [0.1, 0.15) is 12.7 Å². The summed E-state index contributed by atoms with van der Waals surface area (Å²) in [5.74, 6) is 0.996. The number of halogens is 1. The third kappa shape index (κ3) is 2.13. The summed E-state index contributed by atoms with van der Waals surface area (Å²) in [7, 11) is 1.69. The number of para-hydroxylation sites is 2. The van der Waals surface area contributed by atoms with E-state index in [0.717, 1.165) is 17.9 Å². The summed E-state index contributed by atoms with van der Waals surface area (Å²) in [6.45, 7) is 3.62. The quantitative estimate of drug-likeness (QED) is 0.685. The average Bonchev–Trinajstić information content (AvgIpc) is 2.55. The molecule has 0 N–H and O–H groups in total. The van der Waals surface area contributed by atoms with Crippen LogP contribution in [0.3, 0.4) is 0 Å². The summed E-state index contributed by atoms with van der Waals surface area (Å²) >= 11 is 0. The molecule has 3 nitrogen and oxygen atoms in total. The molecule has 0 amide bonds. The van der Waals surface area contributed by atoms with Crippen molar-refractivity contribution in [2.24, 2.45) is 0 Å². The maximum atomic E-state index is 5.12. The minimum atomic E-state index is 0. The number of aromatic nitrogens is 2. The van der Waals surface area contributed by atoms with Crippen molar-refractivity contribution in [3.05, 3.63) is 30.1 Å². The van der Waals surface area contributed by atoms with Crippen LogP contribution in [0.25, 0.3) is 11.0 Å². The van der Waals surface area contributed by atoms with Crippen molar-refractivity contribution in [3.8, 4) is 0 Å². The minimum absolute atomic E-state index is 0. The molecule has 0 fully saturated rings. The van der Waals surface area contributed by atoms with Gasteiger partial charge in [0.1, 0.15) is 12.4 Å². The zero-order chi connectivity index (χ0) is 9.97. The molecule has 0 aliphatic heterocycles. The summed E-state index contributed by atoms with van der Waals surface area (Å²) in [5.41, 5.74) is 2.23. The van der Waals surface area contributed by atoms with Crippen molar-refractivity contribution < 1.29 is 17.1 Å². The number of ether oxygens (including phenoxy) is 1. The number of aryl methyl sites for hydroxylation is 1. The van der Waals surface area contributed by atoms with E-state index in [1.165, 1.54) is 5.52 Å². The van der Waals surface area contributed by atoms with Crippen LogP contribution >= 0.6 is 0 Å². The van der Waals surface area contributed by atoms with Crippen LogP contribution in [0, 0.1) is 0 Å². The molecule has 1 heterocycles. The number of nitrogens with zero attached hydrogens (tertiary/aromatic N) is 2. The first kappa shape index (κ1) is 12.0. The Labute approximate surface area is 95.5 Å². The Bertz CT molecular complexity index is 439. The molecule has 1 aromatic carbocycles. The predicted octanol–water partition coefficient (Wildman–Crippen LogP) is -0.793. The lowest BCUT2D eigenvalue weighted by Gasteiger charge is -2.03. The Morgan fingerprint density at radius 1 is 1.33 bits per heavy atom. The topological polar surface area (TPSA) is 27.1 Å². The van der Waals surface area contributed by atoms with Crippen molar-refractivity contribution in [1.82, 2.24) is 9.55 Å². The third-order valence-electron chi connectivity index (χ3n) is 2.32. The van der Waals surface area contributed by atoms with E-state index in [2.05, 4.69) is 22.5 Å². The first-order chi connectivity index (χ1) is 6.86. The number of benzene rings is 1. The molecular weight excluding hydrogens is 212 g/mol. The van der Waals surface area contributed by atoms with Gasteiger partial charge < -0.3 is 21.7 Å². The highest BCUT2D eigenvalue weighted by atomic mass is 35.5. The van der Waals surface area contributed by atoms with E-state index in [1.54, 1.807) is 7.11 Å². The molecule has 0 spiro atoms. The van der Waals surface area contributed by atoms with E-state index in [1.807, 2.05) is 18.2 Å². The minimum Gasteiger partial charge on any atom is -1.00 e. The van der Waals surface area contributed by atoms with E-state index in [4.69, 9.17) is 4.74 Å². The van der Waals surface area contributed by atoms with Crippen LogP contribution in [-0.2, 0) is 17.9 Å². The Morgan fingerprint density at radius 2 is 2.07 bits per heavy atom. The van der Waals surface area contributed by atoms with Crippen LogP contribution < -0.4 is 12.4 Å². The van der Waals surface area contributed by atoms with Gasteiger partial charge in [0.15, 0.2) is 0 Å². The highest BCUT2D eigenvalue weighted by Gasteiger charge is 2.07. The van der Waals surface area contributed by atoms with E-state index in [9.17, 15) is 0 Å². The van der Waals surface area contributed by atoms with Crippen LogP contribution in [-0.4, -0.2) is 16.7 Å². The summed E-state index contributed by atoms with van der Waals surface area (Å²) in [5, 5.41) is 0. The number of imidazole rings is 1. The first-order valence-electron chi connectivity index (χ1n) is 4.80. The van der Waals surface area contributed by atoms with Crippen molar-refractivity contribution in [1.29, 1.82) is 0 Å². The number of hydrogen-bond acceptors (Lipinski definition) is 2. The molecular formula is C11H14ClN2O-. The fraction of sp³-hybridized carbons (Fsp3) is 0.364. The van der Waals surface area contributed by atoms with Crippen LogP contribution in [0.2, 0.25) is 0 Å². The second-order valence-electron chi connectivity index (χ2n) is 3.19. The SMILES string of the molecule is CCn1c(COC)nc2ccccc21.[Cl-]. The van der Waals surface area contributed by atoms with Crippen molar-refractivity contribution in [3.63, 3.8) is 0 Å². The van der Waals surface area contributed by atoms with Gasteiger partial charge in [-0.15, -0.1) is 0 Å². The molecule has 15 heavy (non-hydrogen) atoms. The number of rotatable bonds is 3. The highest BCUT2D eigenvalue weighted by Crippen LogP contribution is 2.15. The summed E-state index contributed by atoms with van der Waals surface area (Å²) < 4.78 is 7.30. The molecule has 0 atom stereocenters. The molecule has 0 unspecified atom stereocenters. The molecule has 2 aromatic rings. The van der Waals surface area contributed by atoms with Crippen molar-refractivity contribution >= 4 is 11.0 Å². The standard InChI is InChI=1S/C11H14N2O.ClH/c1-3-13-10-7-5-4-6-9(10)12-11(13)8-14-2;/h4-7H,3,8H2,1-2H3;1H/p-1. The number of hydrogen-bond donors (Lipinski definition) is 0. The smallest absolute Gasteiger partial charge is 0.135 e. The predicted molar refractivity (Wildman–Crippen MR) is 56.1 cm³/mol. The fourth-order valence-corrected chi connectivity index (χ4v) is 1.72. The lowest BCUT2D eigenvalue weighted by Crippen LogP contribution is -3.00. The van der Waals surface area contributed by atoms with Gasteiger partial charge in [-0.3, -0.25) is 0 Å². The van der Waals surface area contributed by atoms with Gasteiger partial charge in [0.2, 0.25) is 0 Å². The largest absolute Gasteiger partial charge is 1.00 e. The monoisotopic (exact) mass is 225 g/mol. The number of fused-ring (bicyclic) bond motifs is 1. The molecule has 0 aliphatic rings. The van der Waals surface area contributed by atoms with E-state index in [0.29, 0.717) is 6.61 Å². The summed E-state index contributed by atoms with van der Waals surface area (Å²) in [6, 6.07) is 8.16. The molecule has 0 saturated carbocycles. The van der Waals surface area contributed by atoms with Gasteiger partial charge in [-0.2, -0.15) is 0 Å². The normalized spacial score (nSPS) is 10.3. The lowest BCUT2D eigenvalue weighted by atomic mass is 10.3. The maximum absolute atomic E-state index is 5.12. The molecule has 1 aromatic heterocycles. The van der Waals surface area contributed by atoms with Crippen molar-refractivity contribution in [2.45, 2.75) is 20.1 Å². The Kier molecular flexibility index (Phi) is 4.12. The number of methoxy groups -OCH3 is 1. The molecule has 82 valence electrons. The van der Waals surface area contributed by atoms with Gasteiger partial charge in [-0.1, -0.05) is 12.1 Å². The zero-order valence-electron chi connectivity index (χ0n) is 8.90. The van der Waals surface area contributed by atoms with Gasteiger partial charge in [0.05, 0.1) is 11.0 Å². The van der Waals surface area contributed by atoms with Crippen LogP contribution in [0.15, 0.2) is 24.3 Å². The van der Waals surface area contributed by atoms with Gasteiger partial charge in [-0.25, -0.2) is 4.98 Å². The molecule has 4 heteroatoms. The third-order valence-corrected chi connectivity index (χ3v) is 2.32. The lowest BCUT2D eigenvalue weighted by molar-refractivity contribution is -0.00000325. The Balaban J connectivity index is 0.00000112. The molecule has 2 rings (SSSR count). The van der Waals surface area contributed by atoms with E-state index < -0.39 is 0 Å². The van der Waals surface area contributed by atoms with Gasteiger partial charge in [0.25, 0.3) is 0 Å². The van der Waals surface area contributed by atoms with Crippen LogP contribution in [0.5, 0.6) is 0 Å². The van der Waals surface area contributed by atoms with Gasteiger partial charge in [0, 0.05) is 13.7 Å². The van der Waals surface area contributed by atoms with Gasteiger partial charge >= 0.3 is 0 Å².